The first-order valence-corrected chi connectivity index (χ1v) is 8.94. The molecule has 2 heterocycles. The number of ether oxygens (including phenoxy) is 2. The molecule has 1 amide bonds. The summed E-state index contributed by atoms with van der Waals surface area (Å²) >= 11 is 1.52. The van der Waals surface area contributed by atoms with Gasteiger partial charge in [-0.05, 0) is 29.8 Å². The molecule has 0 saturated heterocycles. The first-order chi connectivity index (χ1) is 12.7. The summed E-state index contributed by atoms with van der Waals surface area (Å²) in [7, 11) is 3.31. The van der Waals surface area contributed by atoms with Gasteiger partial charge in [-0.15, -0.1) is 11.3 Å². The monoisotopic (exact) mass is 369 g/mol. The molecule has 3 rings (SSSR count). The summed E-state index contributed by atoms with van der Waals surface area (Å²) in [5.74, 6) is 0.992. The van der Waals surface area contributed by atoms with Gasteiger partial charge in [-0.25, -0.2) is 4.98 Å². The van der Waals surface area contributed by atoms with E-state index in [1.54, 1.807) is 55.2 Å². The van der Waals surface area contributed by atoms with Gasteiger partial charge in [0, 0.05) is 36.9 Å². The van der Waals surface area contributed by atoms with Crippen molar-refractivity contribution in [3.63, 3.8) is 0 Å². The fourth-order valence-corrected chi connectivity index (χ4v) is 2.98. The first kappa shape index (κ1) is 17.9. The topological polar surface area (TPSA) is 64.5 Å². The molecule has 26 heavy (non-hydrogen) atoms. The van der Waals surface area contributed by atoms with E-state index in [1.165, 1.54) is 11.3 Å². The minimum Gasteiger partial charge on any atom is -0.493 e. The third-order valence-corrected chi connectivity index (χ3v) is 4.39. The van der Waals surface area contributed by atoms with Crippen LogP contribution in [0.4, 0.5) is 0 Å². The smallest absolute Gasteiger partial charge is 0.254 e. The number of thiazole rings is 1. The number of carbonyl (C=O) groups excluding carboxylic acids is 1. The molecule has 0 saturated carbocycles. The normalized spacial score (nSPS) is 10.4. The van der Waals surface area contributed by atoms with Gasteiger partial charge in [-0.3, -0.25) is 9.78 Å². The summed E-state index contributed by atoms with van der Waals surface area (Å²) in [6, 6.07) is 8.97. The van der Waals surface area contributed by atoms with Crippen LogP contribution in [0.2, 0.25) is 0 Å². The summed E-state index contributed by atoms with van der Waals surface area (Å²) in [5, 5.41) is 1.93. The number of hydrogen-bond donors (Lipinski definition) is 0. The van der Waals surface area contributed by atoms with E-state index in [-0.39, 0.29) is 5.91 Å². The van der Waals surface area contributed by atoms with E-state index >= 15 is 0 Å². The van der Waals surface area contributed by atoms with Gasteiger partial charge >= 0.3 is 0 Å². The molecule has 0 spiro atoms. The van der Waals surface area contributed by atoms with Crippen LogP contribution >= 0.6 is 11.3 Å². The molecule has 0 unspecified atom stereocenters. The highest BCUT2D eigenvalue weighted by Gasteiger charge is 2.15. The fourth-order valence-electron chi connectivity index (χ4n) is 2.44. The van der Waals surface area contributed by atoms with Gasteiger partial charge in [0.05, 0.1) is 18.3 Å². The van der Waals surface area contributed by atoms with E-state index in [9.17, 15) is 4.79 Å². The second kappa shape index (κ2) is 8.44. The molecule has 0 aliphatic rings. The van der Waals surface area contributed by atoms with Crippen LogP contribution in [-0.2, 0) is 13.2 Å². The Hall–Kier alpha value is -2.93. The predicted molar refractivity (Wildman–Crippen MR) is 99.5 cm³/mol. The molecule has 0 radical (unpaired) electrons. The van der Waals surface area contributed by atoms with Crippen LogP contribution in [-0.4, -0.2) is 34.9 Å². The average molecular weight is 369 g/mol. The minimum atomic E-state index is -0.0989. The van der Waals surface area contributed by atoms with Crippen LogP contribution in [0.25, 0.3) is 0 Å². The van der Waals surface area contributed by atoms with Gasteiger partial charge in [0.25, 0.3) is 5.91 Å². The Morgan fingerprint density at radius 3 is 2.85 bits per heavy atom. The molecule has 0 fully saturated rings. The van der Waals surface area contributed by atoms with Crippen molar-refractivity contribution in [3.05, 3.63) is 70.4 Å². The molecule has 6 nitrogen and oxygen atoms in total. The van der Waals surface area contributed by atoms with Crippen molar-refractivity contribution in [2.75, 3.05) is 14.2 Å². The molecule has 0 atom stereocenters. The quantitative estimate of drug-likeness (QED) is 0.639. The molecule has 1 aromatic carbocycles. The summed E-state index contributed by atoms with van der Waals surface area (Å²) in [4.78, 5) is 22.6. The first-order valence-electron chi connectivity index (χ1n) is 7.99. The Morgan fingerprint density at radius 1 is 1.27 bits per heavy atom. The zero-order chi connectivity index (χ0) is 18.4. The Kier molecular flexibility index (Phi) is 5.80. The van der Waals surface area contributed by atoms with Crippen molar-refractivity contribution < 1.29 is 14.3 Å². The molecular weight excluding hydrogens is 350 g/mol. The number of pyridine rings is 1. The van der Waals surface area contributed by atoms with Gasteiger partial charge in [0.2, 0.25) is 0 Å². The van der Waals surface area contributed by atoms with E-state index < -0.39 is 0 Å². The third kappa shape index (κ3) is 4.37. The van der Waals surface area contributed by atoms with Gasteiger partial charge in [-0.1, -0.05) is 6.07 Å². The lowest BCUT2D eigenvalue weighted by Crippen LogP contribution is -2.26. The van der Waals surface area contributed by atoms with Crippen LogP contribution in [0.1, 0.15) is 21.6 Å². The van der Waals surface area contributed by atoms with Crippen LogP contribution in [0.5, 0.6) is 11.5 Å². The highest BCUT2D eigenvalue weighted by atomic mass is 32.1. The summed E-state index contributed by atoms with van der Waals surface area (Å²) in [5.41, 5.74) is 4.12. The largest absolute Gasteiger partial charge is 0.493 e. The highest BCUT2D eigenvalue weighted by molar-refractivity contribution is 7.07. The van der Waals surface area contributed by atoms with Crippen LogP contribution in [0.3, 0.4) is 0 Å². The highest BCUT2D eigenvalue weighted by Crippen LogP contribution is 2.29. The van der Waals surface area contributed by atoms with Crippen molar-refractivity contribution in [1.29, 1.82) is 0 Å². The van der Waals surface area contributed by atoms with Gasteiger partial charge in [-0.2, -0.15) is 0 Å². The number of benzene rings is 1. The molecule has 0 aliphatic heterocycles. The maximum atomic E-state index is 12.7. The summed E-state index contributed by atoms with van der Waals surface area (Å²) in [6.07, 6.45) is 3.46. The zero-order valence-corrected chi connectivity index (χ0v) is 15.4. The van der Waals surface area contributed by atoms with Crippen molar-refractivity contribution in [2.45, 2.75) is 13.2 Å². The number of amides is 1. The predicted octanol–water partition coefficient (Wildman–Crippen LogP) is 3.40. The number of aromatic nitrogens is 2. The SMILES string of the molecule is COc1cc(C(=O)N(C)Cc2cccnc2)ccc1OCc1cscn1. The van der Waals surface area contributed by atoms with Crippen molar-refractivity contribution >= 4 is 17.2 Å². The van der Waals surface area contributed by atoms with Crippen molar-refractivity contribution in [1.82, 2.24) is 14.9 Å². The van der Waals surface area contributed by atoms with Gasteiger partial charge < -0.3 is 14.4 Å². The molecule has 134 valence electrons. The second-order valence-electron chi connectivity index (χ2n) is 5.66. The molecule has 3 aromatic rings. The number of nitrogens with zero attached hydrogens (tertiary/aromatic N) is 3. The second-order valence-corrected chi connectivity index (χ2v) is 6.38. The van der Waals surface area contributed by atoms with Gasteiger partial charge in [0.15, 0.2) is 11.5 Å². The van der Waals surface area contributed by atoms with Gasteiger partial charge in [0.1, 0.15) is 6.61 Å². The zero-order valence-electron chi connectivity index (χ0n) is 14.6. The standard InChI is InChI=1S/C19H19N3O3S/c1-22(10-14-4-3-7-20-9-14)19(23)15-5-6-17(18(8-15)24-2)25-11-16-12-26-13-21-16/h3-9,12-13H,10-11H2,1-2H3. The summed E-state index contributed by atoms with van der Waals surface area (Å²) in [6.45, 7) is 0.838. The number of carbonyl (C=O) groups is 1. The lowest BCUT2D eigenvalue weighted by Gasteiger charge is -2.18. The lowest BCUT2D eigenvalue weighted by molar-refractivity contribution is 0.0784. The van der Waals surface area contributed by atoms with E-state index in [0.29, 0.717) is 30.2 Å². The molecule has 0 aliphatic carbocycles. The molecule has 2 aromatic heterocycles. The van der Waals surface area contributed by atoms with Crippen molar-refractivity contribution in [3.8, 4) is 11.5 Å². The number of rotatable bonds is 7. The minimum absolute atomic E-state index is 0.0989. The Bertz CT molecular complexity index is 854. The fraction of sp³-hybridized carbons (Fsp3) is 0.211. The molecular formula is C19H19N3O3S. The van der Waals surface area contributed by atoms with E-state index in [4.69, 9.17) is 9.47 Å². The average Bonchev–Trinajstić information content (AvgIpc) is 3.20. The number of hydrogen-bond acceptors (Lipinski definition) is 6. The maximum absolute atomic E-state index is 12.7. The third-order valence-electron chi connectivity index (χ3n) is 3.76. The van der Waals surface area contributed by atoms with E-state index in [1.807, 2.05) is 17.5 Å². The Labute approximate surface area is 156 Å². The maximum Gasteiger partial charge on any atom is 0.254 e. The van der Waals surface area contributed by atoms with E-state index in [2.05, 4.69) is 9.97 Å². The Balaban J connectivity index is 1.70. The summed E-state index contributed by atoms with van der Waals surface area (Å²) < 4.78 is 11.1. The van der Waals surface area contributed by atoms with Crippen molar-refractivity contribution in [2.24, 2.45) is 0 Å². The molecule has 0 N–H and O–H groups in total. The number of methoxy groups -OCH3 is 1. The van der Waals surface area contributed by atoms with Crippen LogP contribution in [0.15, 0.2) is 53.6 Å². The van der Waals surface area contributed by atoms with Crippen LogP contribution < -0.4 is 9.47 Å². The van der Waals surface area contributed by atoms with Crippen LogP contribution in [0, 0.1) is 0 Å². The lowest BCUT2D eigenvalue weighted by atomic mass is 10.1. The molecule has 7 heteroatoms. The van der Waals surface area contributed by atoms with E-state index in [0.717, 1.165) is 11.3 Å². The molecule has 0 bridgehead atoms. The Morgan fingerprint density at radius 2 is 2.15 bits per heavy atom.